The molecule has 0 radical (unpaired) electrons. The number of hydrogen-bond acceptors (Lipinski definition) is 3. The van der Waals surface area contributed by atoms with Gasteiger partial charge in [-0.2, -0.15) is 0 Å². The first-order valence-electron chi connectivity index (χ1n) is 6.49. The van der Waals surface area contributed by atoms with Gasteiger partial charge in [0, 0.05) is 24.8 Å². The van der Waals surface area contributed by atoms with Crippen LogP contribution < -0.4 is 20.1 Å². The van der Waals surface area contributed by atoms with Crippen LogP contribution in [0.25, 0.3) is 0 Å². The molecule has 19 heavy (non-hydrogen) atoms. The second-order valence-electron chi connectivity index (χ2n) is 4.54. The molecule has 1 aliphatic rings. The Balaban J connectivity index is 2.04. The molecular weight excluding hydrogens is 242 g/mol. The lowest BCUT2D eigenvalue weighted by atomic mass is 9.93. The van der Waals surface area contributed by atoms with E-state index in [1.807, 2.05) is 18.2 Å². The number of guanidine groups is 1. The standard InChI is InChI=1S/C14H21N3O2/c1-15-14(16-10-5-4-6-10)17-11-7-8-12(18-2)13(9-11)19-3/h7-10H,4-6H2,1-3H3,(H2,15,16,17). The summed E-state index contributed by atoms with van der Waals surface area (Å²) in [6, 6.07) is 6.26. The van der Waals surface area contributed by atoms with Crippen LogP contribution in [0, 0.1) is 0 Å². The van der Waals surface area contributed by atoms with Crippen molar-refractivity contribution in [2.45, 2.75) is 25.3 Å². The molecule has 0 heterocycles. The van der Waals surface area contributed by atoms with E-state index in [1.54, 1.807) is 21.3 Å². The fourth-order valence-corrected chi connectivity index (χ4v) is 1.95. The van der Waals surface area contributed by atoms with Gasteiger partial charge in [0.1, 0.15) is 0 Å². The van der Waals surface area contributed by atoms with Crippen molar-refractivity contribution >= 4 is 11.6 Å². The first-order chi connectivity index (χ1) is 9.26. The summed E-state index contributed by atoms with van der Waals surface area (Å²) in [4.78, 5) is 4.23. The Morgan fingerprint density at radius 2 is 1.95 bits per heavy atom. The summed E-state index contributed by atoms with van der Waals surface area (Å²) >= 11 is 0. The van der Waals surface area contributed by atoms with Gasteiger partial charge in [-0.1, -0.05) is 0 Å². The molecule has 104 valence electrons. The lowest BCUT2D eigenvalue weighted by Crippen LogP contribution is -2.42. The highest BCUT2D eigenvalue weighted by Gasteiger charge is 2.18. The van der Waals surface area contributed by atoms with Crippen molar-refractivity contribution in [2.24, 2.45) is 4.99 Å². The molecule has 1 aliphatic carbocycles. The first-order valence-corrected chi connectivity index (χ1v) is 6.49. The lowest BCUT2D eigenvalue weighted by molar-refractivity contribution is 0.355. The van der Waals surface area contributed by atoms with E-state index in [1.165, 1.54) is 19.3 Å². The van der Waals surface area contributed by atoms with E-state index in [9.17, 15) is 0 Å². The summed E-state index contributed by atoms with van der Waals surface area (Å²) in [6.45, 7) is 0. The van der Waals surface area contributed by atoms with Crippen molar-refractivity contribution in [1.82, 2.24) is 5.32 Å². The molecule has 2 N–H and O–H groups in total. The monoisotopic (exact) mass is 263 g/mol. The van der Waals surface area contributed by atoms with Gasteiger partial charge in [-0.05, 0) is 31.4 Å². The number of hydrogen-bond donors (Lipinski definition) is 2. The molecule has 0 amide bonds. The summed E-state index contributed by atoms with van der Waals surface area (Å²) in [5.74, 6) is 2.21. The van der Waals surface area contributed by atoms with E-state index in [4.69, 9.17) is 9.47 Å². The van der Waals surface area contributed by atoms with Crippen LogP contribution in [0.15, 0.2) is 23.2 Å². The van der Waals surface area contributed by atoms with Gasteiger partial charge >= 0.3 is 0 Å². The predicted molar refractivity (Wildman–Crippen MR) is 77.3 cm³/mol. The average molecular weight is 263 g/mol. The van der Waals surface area contributed by atoms with Crippen LogP contribution in [0.4, 0.5) is 5.69 Å². The second kappa shape index (κ2) is 6.31. The Hall–Kier alpha value is -1.91. The summed E-state index contributed by atoms with van der Waals surface area (Å²) in [6.07, 6.45) is 3.73. The molecule has 0 unspecified atom stereocenters. The Bertz CT molecular complexity index is 456. The Kier molecular flexibility index (Phi) is 4.49. The lowest BCUT2D eigenvalue weighted by Gasteiger charge is -2.28. The van der Waals surface area contributed by atoms with E-state index < -0.39 is 0 Å². The number of aliphatic imine (C=N–C) groups is 1. The van der Waals surface area contributed by atoms with Crippen molar-refractivity contribution in [3.63, 3.8) is 0 Å². The van der Waals surface area contributed by atoms with Crippen LogP contribution in [0.3, 0.4) is 0 Å². The number of nitrogens with one attached hydrogen (secondary N) is 2. The highest BCUT2D eigenvalue weighted by Crippen LogP contribution is 2.29. The van der Waals surface area contributed by atoms with Crippen molar-refractivity contribution in [2.75, 3.05) is 26.6 Å². The Morgan fingerprint density at radius 1 is 1.21 bits per heavy atom. The Labute approximate surface area is 114 Å². The van der Waals surface area contributed by atoms with Gasteiger partial charge in [0.05, 0.1) is 14.2 Å². The molecule has 0 aromatic heterocycles. The zero-order valence-electron chi connectivity index (χ0n) is 11.7. The largest absolute Gasteiger partial charge is 0.493 e. The molecule has 2 rings (SSSR count). The SMILES string of the molecule is CN=C(Nc1ccc(OC)c(OC)c1)NC1CCC1. The van der Waals surface area contributed by atoms with Crippen LogP contribution in [-0.2, 0) is 0 Å². The molecule has 1 saturated carbocycles. The fraction of sp³-hybridized carbons (Fsp3) is 0.500. The molecule has 0 saturated heterocycles. The summed E-state index contributed by atoms with van der Waals surface area (Å²) in [5.41, 5.74) is 0.921. The van der Waals surface area contributed by atoms with Gasteiger partial charge in [-0.25, -0.2) is 0 Å². The van der Waals surface area contributed by atoms with Crippen LogP contribution in [0.1, 0.15) is 19.3 Å². The van der Waals surface area contributed by atoms with Gasteiger partial charge in [0.2, 0.25) is 0 Å². The van der Waals surface area contributed by atoms with Crippen molar-refractivity contribution in [1.29, 1.82) is 0 Å². The predicted octanol–water partition coefficient (Wildman–Crippen LogP) is 2.24. The second-order valence-corrected chi connectivity index (χ2v) is 4.54. The average Bonchev–Trinajstić information content (AvgIpc) is 2.41. The molecule has 1 fully saturated rings. The summed E-state index contributed by atoms with van der Waals surface area (Å²) in [7, 11) is 5.03. The van der Waals surface area contributed by atoms with Crippen molar-refractivity contribution in [3.8, 4) is 11.5 Å². The normalized spacial score (nSPS) is 15.6. The summed E-state index contributed by atoms with van der Waals surface area (Å²) in [5, 5.41) is 6.64. The van der Waals surface area contributed by atoms with E-state index in [-0.39, 0.29) is 0 Å². The van der Waals surface area contributed by atoms with Gasteiger partial charge in [0.25, 0.3) is 0 Å². The maximum atomic E-state index is 5.28. The van der Waals surface area contributed by atoms with E-state index >= 15 is 0 Å². The number of anilines is 1. The maximum absolute atomic E-state index is 5.28. The van der Waals surface area contributed by atoms with Crippen molar-refractivity contribution in [3.05, 3.63) is 18.2 Å². The maximum Gasteiger partial charge on any atom is 0.195 e. The van der Waals surface area contributed by atoms with Crippen molar-refractivity contribution < 1.29 is 9.47 Å². The van der Waals surface area contributed by atoms with Gasteiger partial charge < -0.3 is 20.1 Å². The molecule has 0 spiro atoms. The topological polar surface area (TPSA) is 54.9 Å². The first kappa shape index (κ1) is 13.5. The Morgan fingerprint density at radius 3 is 2.47 bits per heavy atom. The smallest absolute Gasteiger partial charge is 0.195 e. The van der Waals surface area contributed by atoms with Crippen LogP contribution >= 0.6 is 0 Å². The highest BCUT2D eigenvalue weighted by molar-refractivity contribution is 5.94. The molecule has 5 nitrogen and oxygen atoms in total. The van der Waals surface area contributed by atoms with Crippen LogP contribution in [-0.4, -0.2) is 33.3 Å². The molecular formula is C14H21N3O2. The molecule has 5 heteroatoms. The number of ether oxygens (including phenoxy) is 2. The number of benzene rings is 1. The van der Waals surface area contributed by atoms with Gasteiger partial charge in [-0.15, -0.1) is 0 Å². The van der Waals surface area contributed by atoms with Gasteiger partial charge in [0.15, 0.2) is 17.5 Å². The van der Waals surface area contributed by atoms with Gasteiger partial charge in [-0.3, -0.25) is 4.99 Å². The van der Waals surface area contributed by atoms with Crippen LogP contribution in [0.5, 0.6) is 11.5 Å². The zero-order valence-corrected chi connectivity index (χ0v) is 11.7. The van der Waals surface area contributed by atoms with E-state index in [0.717, 1.165) is 17.4 Å². The number of rotatable bonds is 4. The fourth-order valence-electron chi connectivity index (χ4n) is 1.95. The molecule has 0 bridgehead atoms. The third-order valence-electron chi connectivity index (χ3n) is 3.32. The zero-order chi connectivity index (χ0) is 13.7. The number of nitrogens with zero attached hydrogens (tertiary/aromatic N) is 1. The summed E-state index contributed by atoms with van der Waals surface area (Å²) < 4.78 is 10.5. The third kappa shape index (κ3) is 3.30. The minimum Gasteiger partial charge on any atom is -0.493 e. The minimum absolute atomic E-state index is 0.548. The van der Waals surface area contributed by atoms with E-state index in [0.29, 0.717) is 11.8 Å². The molecule has 0 aliphatic heterocycles. The van der Waals surface area contributed by atoms with Crippen LogP contribution in [0.2, 0.25) is 0 Å². The highest BCUT2D eigenvalue weighted by atomic mass is 16.5. The third-order valence-corrected chi connectivity index (χ3v) is 3.32. The molecule has 0 atom stereocenters. The quantitative estimate of drug-likeness (QED) is 0.646. The molecule has 1 aromatic carbocycles. The molecule has 1 aromatic rings. The number of methoxy groups -OCH3 is 2. The van der Waals surface area contributed by atoms with E-state index in [2.05, 4.69) is 15.6 Å². The minimum atomic E-state index is 0.548.